The maximum absolute atomic E-state index is 7.72. The van der Waals surface area contributed by atoms with Crippen molar-refractivity contribution in [3.63, 3.8) is 0 Å². The Kier molecular flexibility index (Phi) is 421. The van der Waals surface area contributed by atoms with Crippen molar-refractivity contribution in [1.82, 2.24) is 0 Å². The van der Waals surface area contributed by atoms with Gasteiger partial charge in [0.2, 0.25) is 0 Å². The normalized spacial score (nSPS) is 2.25. The summed E-state index contributed by atoms with van der Waals surface area (Å²) in [6, 6.07) is 0. The molecule has 0 N–H and O–H groups in total. The molecular formula is H2AlCaCl3O3. The molecule has 3 nitrogen and oxygen atoms in total. The van der Waals surface area contributed by atoms with Gasteiger partial charge in [0, 0.05) is 0 Å². The summed E-state index contributed by atoms with van der Waals surface area (Å²) in [6.45, 7) is 0. The fraction of sp³-hybridized carbons (Fsp3) is 0. The Morgan fingerprint density at radius 1 is 0.750 bits per heavy atom. The van der Waals surface area contributed by atoms with Crippen LogP contribution in [0.3, 0.4) is 0 Å². The van der Waals surface area contributed by atoms with E-state index in [0.717, 1.165) is 0 Å². The SMILES string of the molecule is [Al+3].[Ca+2].[H-].[H-].[O-]Cl.[O-]Cl.[O-]Cl. The molecule has 0 saturated carbocycles. The van der Waals surface area contributed by atoms with Crippen molar-refractivity contribution in [3.8, 4) is 0 Å². The summed E-state index contributed by atoms with van der Waals surface area (Å²) in [5.74, 6) is 0. The molecule has 0 atom stereocenters. The molecule has 0 saturated heterocycles. The van der Waals surface area contributed by atoms with Gasteiger partial charge >= 0.3 is 55.1 Å². The van der Waals surface area contributed by atoms with E-state index in [1.807, 2.05) is 0 Å². The average molecular weight is 223 g/mol. The van der Waals surface area contributed by atoms with Crippen molar-refractivity contribution >= 4 is 90.7 Å². The minimum absolute atomic E-state index is 0. The van der Waals surface area contributed by atoms with Crippen LogP contribution in [-0.4, -0.2) is 55.1 Å². The molecule has 0 spiro atoms. The zero-order chi connectivity index (χ0) is 6.00. The maximum Gasteiger partial charge on any atom is 3.00 e. The standard InChI is InChI=1S/Al.Ca.3ClO.2H/c;;3*1-2;;/q+3;+2;5*-1. The van der Waals surface area contributed by atoms with E-state index in [9.17, 15) is 0 Å². The number of halogens is 3. The first-order chi connectivity index (χ1) is 3.00. The molecule has 0 aromatic carbocycles. The van der Waals surface area contributed by atoms with Crippen LogP contribution in [0.15, 0.2) is 0 Å². The quantitative estimate of drug-likeness (QED) is 0.445. The van der Waals surface area contributed by atoms with E-state index >= 15 is 0 Å². The van der Waals surface area contributed by atoms with Gasteiger partial charge in [-0.1, -0.05) is 0 Å². The van der Waals surface area contributed by atoms with Crippen molar-refractivity contribution in [2.24, 2.45) is 0 Å². The maximum atomic E-state index is 7.72. The third-order valence-electron chi connectivity index (χ3n) is 0. The van der Waals surface area contributed by atoms with Crippen molar-refractivity contribution < 1.29 is 16.8 Å². The van der Waals surface area contributed by atoms with Gasteiger partial charge in [-0.3, -0.25) is 0 Å². The monoisotopic (exact) mass is 222 g/mol. The molecule has 0 heterocycles. The molecule has 0 bridgehead atoms. The molecule has 8 heavy (non-hydrogen) atoms. The van der Waals surface area contributed by atoms with Crippen LogP contribution in [0.4, 0.5) is 0 Å². The Morgan fingerprint density at radius 3 is 0.750 bits per heavy atom. The molecule has 46 valence electrons. The molecule has 0 fully saturated rings. The third-order valence-corrected chi connectivity index (χ3v) is 0. The zero-order valence-corrected chi connectivity index (χ0v) is 9.27. The van der Waals surface area contributed by atoms with E-state index in [-0.39, 0.29) is 58.0 Å². The van der Waals surface area contributed by atoms with Crippen LogP contribution in [0, 0.1) is 0 Å². The number of hydrogen-bond donors (Lipinski definition) is 0. The summed E-state index contributed by atoms with van der Waals surface area (Å²) in [5, 5.41) is 0. The van der Waals surface area contributed by atoms with Crippen LogP contribution in [0.2, 0.25) is 0 Å². The second-order valence-electron chi connectivity index (χ2n) is 0. The molecule has 0 aliphatic heterocycles. The fourth-order valence-electron chi connectivity index (χ4n) is 0. The summed E-state index contributed by atoms with van der Waals surface area (Å²) in [4.78, 5) is 0. The predicted octanol–water partition coefficient (Wildman–Crippen LogP) is -2.04. The first-order valence-electron chi connectivity index (χ1n) is 0.463. The minimum atomic E-state index is 0. The molecule has 0 unspecified atom stereocenters. The van der Waals surface area contributed by atoms with Crippen LogP contribution in [0.1, 0.15) is 2.85 Å². The van der Waals surface area contributed by atoms with Crippen LogP contribution >= 0.6 is 35.6 Å². The van der Waals surface area contributed by atoms with E-state index in [1.165, 1.54) is 0 Å². The predicted molar refractivity (Wildman–Crippen MR) is 31.3 cm³/mol. The van der Waals surface area contributed by atoms with Crippen LogP contribution in [-0.2, 0) is 0 Å². The van der Waals surface area contributed by atoms with E-state index in [1.54, 1.807) is 0 Å². The summed E-state index contributed by atoms with van der Waals surface area (Å²) in [6.07, 6.45) is 0. The Bertz CT molecular complexity index is 21.7. The van der Waals surface area contributed by atoms with Gasteiger partial charge in [-0.25, -0.2) is 35.6 Å². The van der Waals surface area contributed by atoms with E-state index in [2.05, 4.69) is 35.6 Å². The minimum Gasteiger partial charge on any atom is -1.00 e. The van der Waals surface area contributed by atoms with Crippen molar-refractivity contribution in [1.29, 1.82) is 0 Å². The molecule has 0 aromatic heterocycles. The molecular weight excluding hydrogens is 221 g/mol. The largest absolute Gasteiger partial charge is 3.00 e. The second kappa shape index (κ2) is 108. The van der Waals surface area contributed by atoms with E-state index < -0.39 is 0 Å². The van der Waals surface area contributed by atoms with Gasteiger partial charge in [-0.2, -0.15) is 0 Å². The molecule has 0 amide bonds. The molecule has 0 rings (SSSR count). The number of rotatable bonds is 0. The number of hydrogen-bond acceptors (Lipinski definition) is 3. The summed E-state index contributed by atoms with van der Waals surface area (Å²) in [7, 11) is 0. The van der Waals surface area contributed by atoms with Crippen molar-refractivity contribution in [3.05, 3.63) is 0 Å². The zero-order valence-electron chi connectivity index (χ0n) is 5.64. The van der Waals surface area contributed by atoms with Crippen LogP contribution in [0.25, 0.3) is 0 Å². The Morgan fingerprint density at radius 2 is 0.750 bits per heavy atom. The van der Waals surface area contributed by atoms with Gasteiger partial charge in [0.1, 0.15) is 0 Å². The van der Waals surface area contributed by atoms with Crippen molar-refractivity contribution in [2.75, 3.05) is 0 Å². The smallest absolute Gasteiger partial charge is 1.00 e. The fourth-order valence-corrected chi connectivity index (χ4v) is 0. The van der Waals surface area contributed by atoms with Crippen LogP contribution in [0.5, 0.6) is 0 Å². The Hall–Kier alpha value is 2.54. The van der Waals surface area contributed by atoms with Gasteiger partial charge in [0.05, 0.1) is 0 Å². The topological polar surface area (TPSA) is 69.2 Å². The molecule has 8 heteroatoms. The van der Waals surface area contributed by atoms with Crippen LogP contribution < -0.4 is 14.0 Å². The molecule has 0 radical (unpaired) electrons. The third kappa shape index (κ3) is 75.2. The van der Waals surface area contributed by atoms with Gasteiger partial charge in [0.15, 0.2) is 0 Å². The van der Waals surface area contributed by atoms with Crippen molar-refractivity contribution in [2.45, 2.75) is 0 Å². The second-order valence-corrected chi connectivity index (χ2v) is 0. The average Bonchev–Trinajstić information content (AvgIpc) is 1.81. The summed E-state index contributed by atoms with van der Waals surface area (Å²) >= 11 is 10.2. The summed E-state index contributed by atoms with van der Waals surface area (Å²) in [5.41, 5.74) is 0. The van der Waals surface area contributed by atoms with E-state index in [4.69, 9.17) is 14.0 Å². The molecule has 0 aromatic rings. The molecule has 0 aliphatic carbocycles. The van der Waals surface area contributed by atoms with Gasteiger partial charge in [0.25, 0.3) is 0 Å². The molecule has 0 aliphatic rings. The van der Waals surface area contributed by atoms with Gasteiger partial charge in [-0.05, 0) is 0 Å². The van der Waals surface area contributed by atoms with E-state index in [0.29, 0.717) is 0 Å². The Balaban J connectivity index is -0.00000000225. The first-order valence-corrected chi connectivity index (χ1v) is 1.39. The summed E-state index contributed by atoms with van der Waals surface area (Å²) < 4.78 is 23.2. The van der Waals surface area contributed by atoms with Gasteiger partial charge in [-0.15, -0.1) is 0 Å². The Labute approximate surface area is 106 Å². The first kappa shape index (κ1) is 31.3. The van der Waals surface area contributed by atoms with Gasteiger partial charge < -0.3 is 16.8 Å².